The van der Waals surface area contributed by atoms with Crippen molar-refractivity contribution in [2.75, 3.05) is 7.11 Å². The lowest BCUT2D eigenvalue weighted by molar-refractivity contribution is 0.378. The molecule has 0 saturated heterocycles. The molecule has 1 fully saturated rings. The van der Waals surface area contributed by atoms with E-state index in [0.29, 0.717) is 5.92 Å². The standard InChI is InChI=1S/C15H23NO/c1-3-11-8-9-12(10-11)15(16)13-6-4-5-7-14(13)17-2/h4-7,11-12,15H,3,8-10,16H2,1-2H3. The molecule has 2 heteroatoms. The van der Waals surface area contributed by atoms with Gasteiger partial charge in [0.05, 0.1) is 7.11 Å². The van der Waals surface area contributed by atoms with Crippen LogP contribution in [0.4, 0.5) is 0 Å². The van der Waals surface area contributed by atoms with Crippen molar-refractivity contribution >= 4 is 0 Å². The lowest BCUT2D eigenvalue weighted by Crippen LogP contribution is -2.20. The molecule has 3 unspecified atom stereocenters. The van der Waals surface area contributed by atoms with E-state index < -0.39 is 0 Å². The van der Waals surface area contributed by atoms with Crippen LogP contribution in [-0.4, -0.2) is 7.11 Å². The van der Waals surface area contributed by atoms with E-state index in [1.54, 1.807) is 7.11 Å². The van der Waals surface area contributed by atoms with Gasteiger partial charge >= 0.3 is 0 Å². The van der Waals surface area contributed by atoms with E-state index in [1.165, 1.54) is 25.7 Å². The molecule has 3 atom stereocenters. The molecule has 0 radical (unpaired) electrons. The number of para-hydroxylation sites is 1. The second-order valence-electron chi connectivity index (χ2n) is 5.12. The van der Waals surface area contributed by atoms with Crippen LogP contribution in [0.2, 0.25) is 0 Å². The minimum absolute atomic E-state index is 0.127. The molecule has 0 spiro atoms. The normalized spacial score (nSPS) is 25.8. The Labute approximate surface area is 104 Å². The van der Waals surface area contributed by atoms with Crippen LogP contribution in [0.5, 0.6) is 5.75 Å². The van der Waals surface area contributed by atoms with E-state index in [-0.39, 0.29) is 6.04 Å². The zero-order valence-corrected chi connectivity index (χ0v) is 10.9. The van der Waals surface area contributed by atoms with Crippen LogP contribution < -0.4 is 10.5 Å². The van der Waals surface area contributed by atoms with Crippen molar-refractivity contribution in [2.45, 2.75) is 38.6 Å². The molecule has 1 aromatic carbocycles. The maximum absolute atomic E-state index is 6.41. The number of hydrogen-bond donors (Lipinski definition) is 1. The van der Waals surface area contributed by atoms with Crippen LogP contribution in [0.25, 0.3) is 0 Å². The SMILES string of the molecule is CCC1CCC(C(N)c2ccccc2OC)C1. The summed E-state index contributed by atoms with van der Waals surface area (Å²) in [6.07, 6.45) is 5.16. The summed E-state index contributed by atoms with van der Waals surface area (Å²) < 4.78 is 5.40. The lowest BCUT2D eigenvalue weighted by atomic mass is 9.90. The number of hydrogen-bond acceptors (Lipinski definition) is 2. The van der Waals surface area contributed by atoms with Crippen molar-refractivity contribution in [3.8, 4) is 5.75 Å². The first-order valence-corrected chi connectivity index (χ1v) is 6.64. The maximum atomic E-state index is 6.41. The van der Waals surface area contributed by atoms with Crippen molar-refractivity contribution in [1.82, 2.24) is 0 Å². The highest BCUT2D eigenvalue weighted by atomic mass is 16.5. The highest BCUT2D eigenvalue weighted by Crippen LogP contribution is 2.41. The predicted octanol–water partition coefficient (Wildman–Crippen LogP) is 3.52. The fourth-order valence-corrected chi connectivity index (χ4v) is 3.01. The molecule has 17 heavy (non-hydrogen) atoms. The molecule has 0 aromatic heterocycles. The van der Waals surface area contributed by atoms with Crippen LogP contribution in [0.3, 0.4) is 0 Å². The van der Waals surface area contributed by atoms with Gasteiger partial charge in [-0.15, -0.1) is 0 Å². The molecule has 2 rings (SSSR count). The minimum Gasteiger partial charge on any atom is -0.496 e. The summed E-state index contributed by atoms with van der Waals surface area (Å²) >= 11 is 0. The monoisotopic (exact) mass is 233 g/mol. The number of benzene rings is 1. The fraction of sp³-hybridized carbons (Fsp3) is 0.600. The van der Waals surface area contributed by atoms with Gasteiger partial charge in [0.25, 0.3) is 0 Å². The zero-order valence-electron chi connectivity index (χ0n) is 10.9. The molecule has 94 valence electrons. The van der Waals surface area contributed by atoms with E-state index in [2.05, 4.69) is 13.0 Å². The van der Waals surface area contributed by atoms with Gasteiger partial charge in [-0.05, 0) is 30.7 Å². The third-order valence-electron chi connectivity index (χ3n) is 4.17. The molecule has 1 saturated carbocycles. The molecule has 2 nitrogen and oxygen atoms in total. The highest BCUT2D eigenvalue weighted by Gasteiger charge is 2.29. The fourth-order valence-electron chi connectivity index (χ4n) is 3.01. The molecule has 1 aliphatic carbocycles. The van der Waals surface area contributed by atoms with Gasteiger partial charge in [-0.25, -0.2) is 0 Å². The Morgan fingerprint density at radius 1 is 1.35 bits per heavy atom. The lowest BCUT2D eigenvalue weighted by Gasteiger charge is -2.21. The molecule has 1 aliphatic rings. The third kappa shape index (κ3) is 2.63. The second kappa shape index (κ2) is 5.54. The second-order valence-corrected chi connectivity index (χ2v) is 5.12. The molecule has 0 heterocycles. The summed E-state index contributed by atoms with van der Waals surface area (Å²) in [7, 11) is 1.72. The summed E-state index contributed by atoms with van der Waals surface area (Å²) in [6, 6.07) is 8.27. The third-order valence-corrected chi connectivity index (χ3v) is 4.17. The molecule has 0 bridgehead atoms. The van der Waals surface area contributed by atoms with E-state index in [1.807, 2.05) is 18.2 Å². The molecular weight excluding hydrogens is 210 g/mol. The summed E-state index contributed by atoms with van der Waals surface area (Å²) in [6.45, 7) is 2.28. The van der Waals surface area contributed by atoms with Crippen LogP contribution in [0.1, 0.15) is 44.2 Å². The van der Waals surface area contributed by atoms with Crippen molar-refractivity contribution in [2.24, 2.45) is 17.6 Å². The number of nitrogens with two attached hydrogens (primary N) is 1. The van der Waals surface area contributed by atoms with Crippen LogP contribution in [0, 0.1) is 11.8 Å². The van der Waals surface area contributed by atoms with E-state index >= 15 is 0 Å². The van der Waals surface area contributed by atoms with E-state index in [0.717, 1.165) is 17.2 Å². The predicted molar refractivity (Wildman–Crippen MR) is 71.0 cm³/mol. The first-order valence-electron chi connectivity index (χ1n) is 6.64. The van der Waals surface area contributed by atoms with E-state index in [9.17, 15) is 0 Å². The van der Waals surface area contributed by atoms with Gasteiger partial charge < -0.3 is 10.5 Å². The Morgan fingerprint density at radius 3 is 2.76 bits per heavy atom. The summed E-state index contributed by atoms with van der Waals surface area (Å²) in [5, 5.41) is 0. The van der Waals surface area contributed by atoms with Crippen molar-refractivity contribution in [3.05, 3.63) is 29.8 Å². The summed E-state index contributed by atoms with van der Waals surface area (Å²) in [4.78, 5) is 0. The van der Waals surface area contributed by atoms with Crippen LogP contribution in [0.15, 0.2) is 24.3 Å². The first kappa shape index (κ1) is 12.4. The molecule has 2 N–H and O–H groups in total. The van der Waals surface area contributed by atoms with Crippen molar-refractivity contribution < 1.29 is 4.74 Å². The summed E-state index contributed by atoms with van der Waals surface area (Å²) in [5.41, 5.74) is 7.58. The Kier molecular flexibility index (Phi) is 4.06. The molecule has 0 amide bonds. The Balaban J connectivity index is 2.11. The zero-order chi connectivity index (χ0) is 12.3. The average Bonchev–Trinajstić information content (AvgIpc) is 2.86. The number of methoxy groups -OCH3 is 1. The van der Waals surface area contributed by atoms with Gasteiger partial charge in [-0.2, -0.15) is 0 Å². The van der Waals surface area contributed by atoms with Crippen LogP contribution >= 0.6 is 0 Å². The van der Waals surface area contributed by atoms with Gasteiger partial charge in [0.15, 0.2) is 0 Å². The Bertz CT molecular complexity index is 364. The van der Waals surface area contributed by atoms with Crippen LogP contribution in [-0.2, 0) is 0 Å². The Hall–Kier alpha value is -1.02. The van der Waals surface area contributed by atoms with Crippen molar-refractivity contribution in [1.29, 1.82) is 0 Å². The van der Waals surface area contributed by atoms with Gasteiger partial charge in [-0.1, -0.05) is 38.0 Å². The molecular formula is C15H23NO. The largest absolute Gasteiger partial charge is 0.496 e. The highest BCUT2D eigenvalue weighted by molar-refractivity contribution is 5.36. The molecule has 1 aromatic rings. The van der Waals surface area contributed by atoms with Gasteiger partial charge in [0, 0.05) is 11.6 Å². The quantitative estimate of drug-likeness (QED) is 0.863. The summed E-state index contributed by atoms with van der Waals surface area (Å²) in [5.74, 6) is 2.43. The van der Waals surface area contributed by atoms with Gasteiger partial charge in [0.1, 0.15) is 5.75 Å². The smallest absolute Gasteiger partial charge is 0.123 e. The maximum Gasteiger partial charge on any atom is 0.123 e. The number of ether oxygens (including phenoxy) is 1. The molecule has 0 aliphatic heterocycles. The average molecular weight is 233 g/mol. The minimum atomic E-state index is 0.127. The number of rotatable bonds is 4. The van der Waals surface area contributed by atoms with E-state index in [4.69, 9.17) is 10.5 Å². The van der Waals surface area contributed by atoms with Gasteiger partial charge in [0.2, 0.25) is 0 Å². The van der Waals surface area contributed by atoms with Crippen molar-refractivity contribution in [3.63, 3.8) is 0 Å². The topological polar surface area (TPSA) is 35.2 Å². The Morgan fingerprint density at radius 2 is 2.12 bits per heavy atom. The first-order chi connectivity index (χ1) is 8.26. The van der Waals surface area contributed by atoms with Gasteiger partial charge in [-0.3, -0.25) is 0 Å².